The number of thioether (sulfide) groups is 1. The third kappa shape index (κ3) is 4.54. The topological polar surface area (TPSA) is 68.0 Å². The van der Waals surface area contributed by atoms with Crippen molar-refractivity contribution in [3.05, 3.63) is 59.4 Å². The number of hydrogen-bond donors (Lipinski definition) is 1. The van der Waals surface area contributed by atoms with E-state index in [1.807, 2.05) is 18.2 Å². The summed E-state index contributed by atoms with van der Waals surface area (Å²) in [4.78, 5) is 12.4. The fraction of sp³-hybridized carbons (Fsp3) is 0.250. The minimum absolute atomic E-state index is 0.0978. The molecule has 3 aromatic rings. The summed E-state index contributed by atoms with van der Waals surface area (Å²) in [6, 6.07) is 12.2. The molecule has 0 radical (unpaired) electrons. The van der Waals surface area contributed by atoms with Gasteiger partial charge in [0.2, 0.25) is 5.91 Å². The molecule has 0 aliphatic carbocycles. The number of carbonyl (C=O) groups is 1. The van der Waals surface area contributed by atoms with Gasteiger partial charge in [-0.2, -0.15) is 0 Å². The van der Waals surface area contributed by atoms with Gasteiger partial charge in [0.15, 0.2) is 0 Å². The minimum Gasteiger partial charge on any atom is -0.411 e. The van der Waals surface area contributed by atoms with Crippen molar-refractivity contribution in [3.63, 3.8) is 0 Å². The van der Waals surface area contributed by atoms with Crippen molar-refractivity contribution < 1.29 is 13.6 Å². The Kier molecular flexibility index (Phi) is 6.24. The lowest BCUT2D eigenvalue weighted by atomic mass is 10.0. The highest BCUT2D eigenvalue weighted by atomic mass is 32.2. The van der Waals surface area contributed by atoms with Crippen LogP contribution < -0.4 is 5.32 Å². The van der Waals surface area contributed by atoms with E-state index >= 15 is 0 Å². The fourth-order valence-corrected chi connectivity index (χ4v) is 3.28. The van der Waals surface area contributed by atoms with Crippen molar-refractivity contribution in [2.45, 2.75) is 31.9 Å². The second kappa shape index (κ2) is 8.81. The van der Waals surface area contributed by atoms with Crippen LogP contribution in [0.1, 0.15) is 25.0 Å². The molecule has 0 spiro atoms. The number of nitrogens with one attached hydrogen (secondary N) is 1. The number of amides is 1. The van der Waals surface area contributed by atoms with Crippen LogP contribution in [0.2, 0.25) is 0 Å². The molecule has 5 nitrogen and oxygen atoms in total. The van der Waals surface area contributed by atoms with Crippen molar-refractivity contribution in [2.75, 3.05) is 11.1 Å². The monoisotopic (exact) mass is 385 g/mol. The highest BCUT2D eigenvalue weighted by Crippen LogP contribution is 2.26. The van der Waals surface area contributed by atoms with Crippen LogP contribution in [0.5, 0.6) is 0 Å². The molecule has 27 heavy (non-hydrogen) atoms. The van der Waals surface area contributed by atoms with Gasteiger partial charge in [-0.3, -0.25) is 4.79 Å². The lowest BCUT2D eigenvalue weighted by Gasteiger charge is -2.13. The van der Waals surface area contributed by atoms with Crippen LogP contribution in [0.15, 0.2) is 52.1 Å². The molecule has 1 N–H and O–H groups in total. The van der Waals surface area contributed by atoms with Crippen LogP contribution in [0, 0.1) is 5.82 Å². The molecular weight excluding hydrogens is 365 g/mol. The van der Waals surface area contributed by atoms with E-state index in [9.17, 15) is 9.18 Å². The van der Waals surface area contributed by atoms with Gasteiger partial charge < -0.3 is 9.73 Å². The number of nitrogens with zero attached hydrogens (tertiary/aromatic N) is 2. The molecule has 0 atom stereocenters. The summed E-state index contributed by atoms with van der Waals surface area (Å²) >= 11 is 1.12. The normalized spacial score (nSPS) is 10.8. The van der Waals surface area contributed by atoms with Gasteiger partial charge in [-0.1, -0.05) is 55.9 Å². The second-order valence-corrected chi connectivity index (χ2v) is 6.77. The van der Waals surface area contributed by atoms with E-state index in [-0.39, 0.29) is 28.3 Å². The predicted molar refractivity (Wildman–Crippen MR) is 104 cm³/mol. The number of hydrogen-bond acceptors (Lipinski definition) is 5. The van der Waals surface area contributed by atoms with Crippen LogP contribution in [-0.4, -0.2) is 21.9 Å². The molecule has 1 amide bonds. The lowest BCUT2D eigenvalue weighted by molar-refractivity contribution is -0.113. The first-order valence-corrected chi connectivity index (χ1v) is 9.72. The van der Waals surface area contributed by atoms with E-state index in [2.05, 4.69) is 29.4 Å². The van der Waals surface area contributed by atoms with Crippen molar-refractivity contribution in [2.24, 2.45) is 0 Å². The van der Waals surface area contributed by atoms with E-state index in [1.54, 1.807) is 18.2 Å². The van der Waals surface area contributed by atoms with E-state index in [1.165, 1.54) is 6.07 Å². The molecule has 140 valence electrons. The maximum atomic E-state index is 13.8. The van der Waals surface area contributed by atoms with E-state index in [0.29, 0.717) is 0 Å². The molecule has 0 saturated carbocycles. The van der Waals surface area contributed by atoms with Gasteiger partial charge in [-0.15, -0.1) is 10.2 Å². The molecule has 0 fully saturated rings. The van der Waals surface area contributed by atoms with Crippen LogP contribution >= 0.6 is 11.8 Å². The summed E-state index contributed by atoms with van der Waals surface area (Å²) in [6.45, 7) is 4.11. The highest BCUT2D eigenvalue weighted by Gasteiger charge is 2.15. The van der Waals surface area contributed by atoms with Gasteiger partial charge in [0.1, 0.15) is 5.82 Å². The number of aromatic nitrogens is 2. The first-order valence-electron chi connectivity index (χ1n) is 8.74. The minimum atomic E-state index is -0.432. The van der Waals surface area contributed by atoms with Gasteiger partial charge in [-0.25, -0.2) is 4.39 Å². The average Bonchev–Trinajstić information content (AvgIpc) is 3.15. The van der Waals surface area contributed by atoms with Gasteiger partial charge in [0, 0.05) is 5.69 Å². The maximum absolute atomic E-state index is 13.8. The number of benzene rings is 2. The number of halogens is 1. The van der Waals surface area contributed by atoms with Gasteiger partial charge >= 0.3 is 0 Å². The number of para-hydroxylation sites is 1. The zero-order valence-corrected chi connectivity index (χ0v) is 16.0. The largest absolute Gasteiger partial charge is 0.411 e. The third-order valence-electron chi connectivity index (χ3n) is 4.10. The number of anilines is 1. The molecular formula is C20H20FN3O2S. The Bertz CT molecular complexity index is 920. The van der Waals surface area contributed by atoms with Crippen LogP contribution in [0.4, 0.5) is 10.1 Å². The Morgan fingerprint density at radius 1 is 1.07 bits per heavy atom. The molecule has 3 rings (SSSR count). The van der Waals surface area contributed by atoms with Crippen LogP contribution in [0.25, 0.3) is 11.5 Å². The first-order chi connectivity index (χ1) is 13.1. The average molecular weight is 385 g/mol. The quantitative estimate of drug-likeness (QED) is 0.596. The summed E-state index contributed by atoms with van der Waals surface area (Å²) in [5, 5.41) is 10.9. The molecule has 0 saturated heterocycles. The summed E-state index contributed by atoms with van der Waals surface area (Å²) < 4.78 is 19.2. The highest BCUT2D eigenvalue weighted by molar-refractivity contribution is 7.99. The zero-order chi connectivity index (χ0) is 19.2. The lowest BCUT2D eigenvalue weighted by Crippen LogP contribution is -2.16. The first kappa shape index (κ1) is 19.1. The summed E-state index contributed by atoms with van der Waals surface area (Å²) in [6.07, 6.45) is 1.68. The molecule has 1 heterocycles. The molecule has 0 aliphatic heterocycles. The van der Waals surface area contributed by atoms with Crippen molar-refractivity contribution in [1.29, 1.82) is 0 Å². The Hall–Kier alpha value is -2.67. The van der Waals surface area contributed by atoms with Crippen molar-refractivity contribution in [3.8, 4) is 11.5 Å². The molecule has 1 aromatic heterocycles. The van der Waals surface area contributed by atoms with Crippen LogP contribution in [-0.2, 0) is 17.6 Å². The summed E-state index contributed by atoms with van der Waals surface area (Å²) in [5.41, 5.74) is 3.33. The second-order valence-electron chi connectivity index (χ2n) is 5.85. The Balaban J connectivity index is 1.65. The molecule has 2 aromatic carbocycles. The van der Waals surface area contributed by atoms with Crippen molar-refractivity contribution in [1.82, 2.24) is 10.2 Å². The number of carbonyl (C=O) groups excluding carboxylic acids is 1. The van der Waals surface area contributed by atoms with E-state index in [4.69, 9.17) is 4.42 Å². The van der Waals surface area contributed by atoms with E-state index < -0.39 is 5.82 Å². The van der Waals surface area contributed by atoms with Gasteiger partial charge in [0.05, 0.1) is 11.3 Å². The number of aryl methyl sites for hydroxylation is 2. The molecule has 0 aliphatic rings. The van der Waals surface area contributed by atoms with Gasteiger partial charge in [0.25, 0.3) is 11.1 Å². The smallest absolute Gasteiger partial charge is 0.277 e. The molecule has 7 heteroatoms. The van der Waals surface area contributed by atoms with E-state index in [0.717, 1.165) is 41.4 Å². The zero-order valence-electron chi connectivity index (χ0n) is 15.2. The fourth-order valence-electron chi connectivity index (χ4n) is 2.72. The Morgan fingerprint density at radius 3 is 2.44 bits per heavy atom. The van der Waals surface area contributed by atoms with Crippen molar-refractivity contribution >= 4 is 23.4 Å². The third-order valence-corrected chi connectivity index (χ3v) is 4.92. The van der Waals surface area contributed by atoms with Gasteiger partial charge in [-0.05, 0) is 36.1 Å². The SMILES string of the molecule is CCc1cccc(CC)c1NC(=O)CSc1nnc(-c2ccccc2F)o1. The predicted octanol–water partition coefficient (Wildman–Crippen LogP) is 4.73. The Labute approximate surface area is 161 Å². The standard InChI is InChI=1S/C20H20FN3O2S/c1-3-13-8-7-9-14(4-2)18(13)22-17(25)12-27-20-24-23-19(26-20)15-10-5-6-11-16(15)21/h5-11H,3-4,12H2,1-2H3,(H,22,25). The summed E-state index contributed by atoms with van der Waals surface area (Å²) in [5.74, 6) is -0.360. The molecule has 0 unspecified atom stereocenters. The number of rotatable bonds is 7. The van der Waals surface area contributed by atoms with Crippen LogP contribution in [0.3, 0.4) is 0 Å². The Morgan fingerprint density at radius 2 is 1.78 bits per heavy atom. The molecule has 0 bridgehead atoms. The summed E-state index contributed by atoms with van der Waals surface area (Å²) in [7, 11) is 0. The maximum Gasteiger partial charge on any atom is 0.277 e.